The normalized spacial score (nSPS) is 17.2. The van der Waals surface area contributed by atoms with E-state index in [2.05, 4.69) is 26.2 Å². The lowest BCUT2D eigenvalue weighted by Crippen LogP contribution is -2.44. The molecule has 0 amide bonds. The Balaban J connectivity index is 2.50. The van der Waals surface area contributed by atoms with Crippen LogP contribution in [-0.2, 0) is 10.1 Å². The summed E-state index contributed by atoms with van der Waals surface area (Å²) in [6, 6.07) is 0. The maximum absolute atomic E-state index is 11.3. The molecule has 0 aromatic carbocycles. The van der Waals surface area contributed by atoms with Crippen molar-refractivity contribution in [1.29, 1.82) is 0 Å². The molecule has 0 bridgehead atoms. The van der Waals surface area contributed by atoms with Crippen molar-refractivity contribution >= 4 is 31.7 Å². The molecule has 0 spiro atoms. The summed E-state index contributed by atoms with van der Waals surface area (Å²) in [6.45, 7) is 2.93. The Bertz CT molecular complexity index is 514. The first-order valence-electron chi connectivity index (χ1n) is 5.07. The Morgan fingerprint density at radius 3 is 2.59 bits per heavy atom. The third kappa shape index (κ3) is 2.76. The minimum atomic E-state index is -4.26. The van der Waals surface area contributed by atoms with Crippen molar-refractivity contribution in [2.45, 2.75) is 4.90 Å². The fourth-order valence-electron chi connectivity index (χ4n) is 1.79. The van der Waals surface area contributed by atoms with E-state index in [1.165, 1.54) is 6.20 Å². The minimum Gasteiger partial charge on any atom is -0.367 e. The molecule has 6 nitrogen and oxygen atoms in total. The number of hydrogen-bond acceptors (Lipinski definition) is 5. The van der Waals surface area contributed by atoms with E-state index in [9.17, 15) is 13.0 Å². The average molecular weight is 322 g/mol. The van der Waals surface area contributed by atoms with Gasteiger partial charge in [0.05, 0.1) is 16.4 Å². The third-order valence-corrected chi connectivity index (χ3v) is 3.99. The highest BCUT2D eigenvalue weighted by Crippen LogP contribution is 2.32. The van der Waals surface area contributed by atoms with Crippen LogP contribution in [0.1, 0.15) is 0 Å². The summed E-state index contributed by atoms with van der Waals surface area (Å²) in [6.07, 6.45) is 2.68. The molecule has 17 heavy (non-hydrogen) atoms. The van der Waals surface area contributed by atoms with Crippen molar-refractivity contribution in [3.8, 4) is 0 Å². The van der Waals surface area contributed by atoms with Crippen molar-refractivity contribution in [2.75, 3.05) is 31.1 Å². The molecule has 0 aliphatic carbocycles. The number of nitrogens with zero attached hydrogens (tertiary/aromatic N) is 2. The molecule has 1 saturated heterocycles. The quantitative estimate of drug-likeness (QED) is 0.772. The van der Waals surface area contributed by atoms with E-state index in [1.807, 2.05) is 4.90 Å². The van der Waals surface area contributed by atoms with Gasteiger partial charge in [0.2, 0.25) is 0 Å². The molecule has 1 aliphatic heterocycles. The lowest BCUT2D eigenvalue weighted by atomic mass is 10.3. The van der Waals surface area contributed by atoms with Crippen LogP contribution in [0.25, 0.3) is 0 Å². The highest BCUT2D eigenvalue weighted by atomic mass is 79.9. The summed E-state index contributed by atoms with van der Waals surface area (Å²) in [7, 11) is -4.26. The Hall–Kier alpha value is -0.700. The summed E-state index contributed by atoms with van der Waals surface area (Å²) in [5.41, 5.74) is 0.476. The zero-order chi connectivity index (χ0) is 12.5. The van der Waals surface area contributed by atoms with Crippen LogP contribution >= 0.6 is 15.9 Å². The molecular formula is C9H12BrN3O3S. The Kier molecular flexibility index (Phi) is 3.67. The van der Waals surface area contributed by atoms with Gasteiger partial charge in [-0.25, -0.2) is 0 Å². The topological polar surface area (TPSA) is 82.5 Å². The molecule has 0 unspecified atom stereocenters. The van der Waals surface area contributed by atoms with Gasteiger partial charge in [-0.3, -0.25) is 9.54 Å². The lowest BCUT2D eigenvalue weighted by molar-refractivity contribution is 0.481. The molecule has 94 valence electrons. The molecule has 0 radical (unpaired) electrons. The molecule has 1 aromatic heterocycles. The summed E-state index contributed by atoms with van der Waals surface area (Å²) < 4.78 is 32.4. The van der Waals surface area contributed by atoms with E-state index < -0.39 is 10.1 Å². The molecule has 2 rings (SSSR count). The zero-order valence-corrected chi connectivity index (χ0v) is 11.3. The second-order valence-electron chi connectivity index (χ2n) is 3.68. The molecular weight excluding hydrogens is 310 g/mol. The molecule has 8 heteroatoms. The van der Waals surface area contributed by atoms with Crippen LogP contribution in [0.2, 0.25) is 0 Å². The maximum Gasteiger partial charge on any atom is 0.298 e. The van der Waals surface area contributed by atoms with Gasteiger partial charge in [-0.15, -0.1) is 0 Å². The van der Waals surface area contributed by atoms with Crippen LogP contribution in [0.3, 0.4) is 0 Å². The lowest BCUT2D eigenvalue weighted by Gasteiger charge is -2.31. The maximum atomic E-state index is 11.3. The Morgan fingerprint density at radius 1 is 1.35 bits per heavy atom. The fraction of sp³-hybridized carbons (Fsp3) is 0.444. The smallest absolute Gasteiger partial charge is 0.298 e. The van der Waals surface area contributed by atoms with E-state index in [0.29, 0.717) is 23.2 Å². The van der Waals surface area contributed by atoms with E-state index in [1.54, 1.807) is 0 Å². The number of pyridine rings is 1. The summed E-state index contributed by atoms with van der Waals surface area (Å²) in [5.74, 6) is 0. The molecule has 2 heterocycles. The third-order valence-electron chi connectivity index (χ3n) is 2.55. The Morgan fingerprint density at radius 2 is 2.00 bits per heavy atom. The average Bonchev–Trinajstić information content (AvgIpc) is 2.28. The number of aromatic nitrogens is 1. The second kappa shape index (κ2) is 4.89. The van der Waals surface area contributed by atoms with Crippen LogP contribution in [0.5, 0.6) is 0 Å². The van der Waals surface area contributed by atoms with Gasteiger partial charge in [0.25, 0.3) is 10.1 Å². The van der Waals surface area contributed by atoms with E-state index >= 15 is 0 Å². The Labute approximate surface area is 108 Å². The van der Waals surface area contributed by atoms with E-state index in [4.69, 9.17) is 0 Å². The largest absolute Gasteiger partial charge is 0.367 e. The highest BCUT2D eigenvalue weighted by molar-refractivity contribution is 9.10. The number of halogens is 1. The molecule has 1 aromatic rings. The first-order chi connectivity index (χ1) is 8.00. The first-order valence-corrected chi connectivity index (χ1v) is 7.30. The zero-order valence-electron chi connectivity index (χ0n) is 8.93. The second-order valence-corrected chi connectivity index (χ2v) is 5.92. The van der Waals surface area contributed by atoms with Crippen LogP contribution < -0.4 is 10.2 Å². The highest BCUT2D eigenvalue weighted by Gasteiger charge is 2.23. The first kappa shape index (κ1) is 12.7. The minimum absolute atomic E-state index is 0.159. The van der Waals surface area contributed by atoms with Gasteiger partial charge in [-0.05, 0) is 15.9 Å². The van der Waals surface area contributed by atoms with Crippen molar-refractivity contribution in [1.82, 2.24) is 10.3 Å². The van der Waals surface area contributed by atoms with Gasteiger partial charge in [-0.2, -0.15) is 8.42 Å². The van der Waals surface area contributed by atoms with Crippen LogP contribution in [0, 0.1) is 0 Å². The van der Waals surface area contributed by atoms with Crippen molar-refractivity contribution in [3.05, 3.63) is 16.9 Å². The van der Waals surface area contributed by atoms with Crippen molar-refractivity contribution < 1.29 is 13.0 Å². The molecule has 1 aliphatic rings. The fourth-order valence-corrected chi connectivity index (χ4v) is 3.19. The van der Waals surface area contributed by atoms with Crippen LogP contribution in [0.15, 0.2) is 21.8 Å². The number of hydrogen-bond donors (Lipinski definition) is 2. The molecule has 2 N–H and O–H groups in total. The van der Waals surface area contributed by atoms with Crippen LogP contribution in [0.4, 0.5) is 5.69 Å². The molecule has 1 fully saturated rings. The standard InChI is InChI=1S/C9H12BrN3O3S/c10-7-5-12-6-8(17(14,15)16)9(7)13-3-1-11-2-4-13/h5-6,11H,1-4H2,(H,14,15,16). The number of nitrogens with one attached hydrogen (secondary N) is 1. The summed E-state index contributed by atoms with van der Waals surface area (Å²) >= 11 is 3.27. The van der Waals surface area contributed by atoms with Gasteiger partial charge in [-0.1, -0.05) is 0 Å². The van der Waals surface area contributed by atoms with Gasteiger partial charge >= 0.3 is 0 Å². The van der Waals surface area contributed by atoms with Crippen molar-refractivity contribution in [3.63, 3.8) is 0 Å². The number of piperazine rings is 1. The SMILES string of the molecule is O=S(=O)(O)c1cncc(Br)c1N1CCNCC1. The van der Waals surface area contributed by atoms with Gasteiger partial charge in [0.15, 0.2) is 0 Å². The summed E-state index contributed by atoms with van der Waals surface area (Å²) in [5, 5.41) is 3.18. The monoisotopic (exact) mass is 321 g/mol. The van der Waals surface area contributed by atoms with Gasteiger partial charge in [0.1, 0.15) is 4.90 Å². The van der Waals surface area contributed by atoms with E-state index in [-0.39, 0.29) is 4.90 Å². The predicted octanol–water partition coefficient (Wildman–Crippen LogP) is 0.500. The van der Waals surface area contributed by atoms with Crippen LogP contribution in [-0.4, -0.2) is 44.1 Å². The predicted molar refractivity (Wildman–Crippen MR) is 66.8 cm³/mol. The molecule has 0 saturated carbocycles. The van der Waals surface area contributed by atoms with Gasteiger partial charge < -0.3 is 10.2 Å². The molecule has 0 atom stereocenters. The van der Waals surface area contributed by atoms with Gasteiger partial charge in [0, 0.05) is 32.4 Å². The van der Waals surface area contributed by atoms with E-state index in [0.717, 1.165) is 19.3 Å². The summed E-state index contributed by atoms with van der Waals surface area (Å²) in [4.78, 5) is 5.53. The number of anilines is 1. The number of rotatable bonds is 2. The van der Waals surface area contributed by atoms with Crippen molar-refractivity contribution in [2.24, 2.45) is 0 Å².